The molecule has 2 aliphatic rings. The van der Waals surface area contributed by atoms with Crippen LogP contribution < -0.4 is 10.6 Å². The fourth-order valence-corrected chi connectivity index (χ4v) is 4.18. The predicted molar refractivity (Wildman–Crippen MR) is 108 cm³/mol. The number of benzene rings is 1. The van der Waals surface area contributed by atoms with Crippen molar-refractivity contribution in [3.63, 3.8) is 0 Å². The molecule has 0 saturated carbocycles. The predicted octanol–water partition coefficient (Wildman–Crippen LogP) is 0.0148. The Morgan fingerprint density at radius 1 is 1.30 bits per heavy atom. The third-order valence-electron chi connectivity index (χ3n) is 5.62. The van der Waals surface area contributed by atoms with E-state index in [0.29, 0.717) is 18.4 Å². The van der Waals surface area contributed by atoms with Gasteiger partial charge in [0.1, 0.15) is 12.1 Å². The van der Waals surface area contributed by atoms with Crippen molar-refractivity contribution < 1.29 is 19.5 Å². The van der Waals surface area contributed by atoms with Crippen LogP contribution in [-0.4, -0.2) is 68.8 Å². The molecule has 1 aromatic heterocycles. The molecule has 1 aromatic carbocycles. The second-order valence-corrected chi connectivity index (χ2v) is 7.66. The number of fused-ring (bicyclic) bond motifs is 1. The quantitative estimate of drug-likeness (QED) is 0.619. The molecule has 2 aliphatic heterocycles. The van der Waals surface area contributed by atoms with Crippen molar-refractivity contribution in [1.82, 2.24) is 25.3 Å². The van der Waals surface area contributed by atoms with Crippen molar-refractivity contribution in [3.05, 3.63) is 47.8 Å². The molecule has 0 spiro atoms. The zero-order chi connectivity index (χ0) is 21.3. The van der Waals surface area contributed by atoms with Crippen LogP contribution in [0.15, 0.2) is 36.5 Å². The Kier molecular flexibility index (Phi) is 5.54. The number of carbonyl (C=O) groups is 3. The summed E-state index contributed by atoms with van der Waals surface area (Å²) in [4.78, 5) is 39.1. The van der Waals surface area contributed by atoms with Gasteiger partial charge in [-0.15, -0.1) is 0 Å². The molecule has 0 unspecified atom stereocenters. The maximum atomic E-state index is 13.0. The van der Waals surface area contributed by atoms with E-state index < -0.39 is 18.7 Å². The first-order chi connectivity index (χ1) is 14.5. The van der Waals surface area contributed by atoms with Crippen LogP contribution in [0.2, 0.25) is 0 Å². The number of nitrogens with zero attached hydrogens (tertiary/aromatic N) is 3. The molecule has 30 heavy (non-hydrogen) atoms. The van der Waals surface area contributed by atoms with Crippen molar-refractivity contribution in [2.24, 2.45) is 0 Å². The van der Waals surface area contributed by atoms with Crippen LogP contribution in [-0.2, 0) is 16.0 Å². The highest BCUT2D eigenvalue weighted by Crippen LogP contribution is 2.24. The first-order valence-electron chi connectivity index (χ1n) is 10.2. The number of nitrogens with one attached hydrogen (secondary N) is 2. The number of piperazine rings is 1. The third kappa shape index (κ3) is 3.56. The largest absolute Gasteiger partial charge is 0.394 e. The molecule has 2 aromatic rings. The van der Waals surface area contributed by atoms with E-state index in [-0.39, 0.29) is 30.3 Å². The summed E-state index contributed by atoms with van der Waals surface area (Å²) >= 11 is 0. The molecule has 0 bridgehead atoms. The van der Waals surface area contributed by atoms with E-state index in [2.05, 4.69) is 15.7 Å². The lowest BCUT2D eigenvalue weighted by atomic mass is 10.1. The molecule has 3 heterocycles. The van der Waals surface area contributed by atoms with Gasteiger partial charge in [-0.25, -0.2) is 4.68 Å². The van der Waals surface area contributed by atoms with Crippen molar-refractivity contribution >= 4 is 17.7 Å². The highest BCUT2D eigenvalue weighted by atomic mass is 16.3. The van der Waals surface area contributed by atoms with Crippen molar-refractivity contribution in [2.45, 2.75) is 44.3 Å². The molecule has 9 nitrogen and oxygen atoms in total. The summed E-state index contributed by atoms with van der Waals surface area (Å²) in [5.74, 6) is -0.881. The molecule has 3 N–H and O–H groups in total. The summed E-state index contributed by atoms with van der Waals surface area (Å²) < 4.78 is 1.78. The Labute approximate surface area is 174 Å². The van der Waals surface area contributed by atoms with Gasteiger partial charge in [0.2, 0.25) is 11.8 Å². The highest BCUT2D eigenvalue weighted by Gasteiger charge is 2.46. The molecule has 2 fully saturated rings. The second-order valence-electron chi connectivity index (χ2n) is 7.66. The minimum absolute atomic E-state index is 0.245. The Morgan fingerprint density at radius 3 is 2.77 bits per heavy atom. The number of carbonyl (C=O) groups excluding carboxylic acids is 3. The van der Waals surface area contributed by atoms with E-state index in [1.54, 1.807) is 10.9 Å². The summed E-state index contributed by atoms with van der Waals surface area (Å²) in [5, 5.41) is 19.2. The van der Waals surface area contributed by atoms with Crippen molar-refractivity contribution in [2.75, 3.05) is 13.2 Å². The molecule has 2 saturated heterocycles. The van der Waals surface area contributed by atoms with Crippen LogP contribution in [0.4, 0.5) is 0 Å². The highest BCUT2D eigenvalue weighted by molar-refractivity contribution is 5.98. The normalized spacial score (nSPS) is 23.3. The Hall–Kier alpha value is -3.20. The Bertz CT molecular complexity index is 958. The molecule has 0 radical (unpaired) electrons. The van der Waals surface area contributed by atoms with E-state index in [1.807, 2.05) is 37.3 Å². The lowest BCUT2D eigenvalue weighted by molar-refractivity contribution is -0.148. The molecule has 9 heteroatoms. The van der Waals surface area contributed by atoms with Gasteiger partial charge in [-0.2, -0.15) is 5.10 Å². The number of rotatable bonds is 6. The number of aromatic nitrogens is 2. The van der Waals surface area contributed by atoms with Crippen LogP contribution in [0.1, 0.15) is 35.8 Å². The second kappa shape index (κ2) is 8.27. The maximum absolute atomic E-state index is 13.0. The van der Waals surface area contributed by atoms with Crippen LogP contribution in [0, 0.1) is 0 Å². The topological polar surface area (TPSA) is 117 Å². The van der Waals surface area contributed by atoms with Gasteiger partial charge in [0.15, 0.2) is 0 Å². The summed E-state index contributed by atoms with van der Waals surface area (Å²) in [7, 11) is 0. The lowest BCUT2D eigenvalue weighted by Crippen LogP contribution is -2.62. The van der Waals surface area contributed by atoms with E-state index in [1.165, 1.54) is 4.90 Å². The standard InChI is InChI=1S/C21H25N5O4/c1-2-6-17-15(10-22-26(17)14-7-4-3-5-8-14)19(28)23-13-9-18-20(29)24-16(12-27)21(30)25(18)11-13/h3-5,7-8,10,13,16,18,27H,2,6,9,11-12H2,1H3,(H,23,28)(H,24,29)/t13-,16-,18-/m0/s1. The zero-order valence-electron chi connectivity index (χ0n) is 16.7. The van der Waals surface area contributed by atoms with Crippen molar-refractivity contribution in [3.8, 4) is 5.69 Å². The zero-order valence-corrected chi connectivity index (χ0v) is 16.7. The summed E-state index contributed by atoms with van der Waals surface area (Å²) in [6.45, 7) is 1.85. The number of hydrogen-bond acceptors (Lipinski definition) is 5. The molecule has 3 atom stereocenters. The Balaban J connectivity index is 1.52. The van der Waals surface area contributed by atoms with Gasteiger partial charge in [0.05, 0.1) is 29.7 Å². The van der Waals surface area contributed by atoms with Gasteiger partial charge in [0, 0.05) is 12.6 Å². The number of amides is 3. The first kappa shape index (κ1) is 20.1. The Morgan fingerprint density at radius 2 is 2.07 bits per heavy atom. The fourth-order valence-electron chi connectivity index (χ4n) is 4.18. The fraction of sp³-hybridized carbons (Fsp3) is 0.429. The summed E-state index contributed by atoms with van der Waals surface area (Å²) in [6, 6.07) is 7.76. The number of para-hydroxylation sites is 1. The average molecular weight is 411 g/mol. The van der Waals surface area contributed by atoms with Crippen LogP contribution in [0.25, 0.3) is 5.69 Å². The monoisotopic (exact) mass is 411 g/mol. The van der Waals surface area contributed by atoms with Gasteiger partial charge in [-0.3, -0.25) is 14.4 Å². The third-order valence-corrected chi connectivity index (χ3v) is 5.62. The van der Waals surface area contributed by atoms with E-state index >= 15 is 0 Å². The van der Waals surface area contributed by atoms with E-state index in [0.717, 1.165) is 17.8 Å². The molecular weight excluding hydrogens is 386 g/mol. The summed E-state index contributed by atoms with van der Waals surface area (Å²) in [5.41, 5.74) is 2.20. The smallest absolute Gasteiger partial charge is 0.255 e. The minimum atomic E-state index is -0.913. The van der Waals surface area contributed by atoms with E-state index in [4.69, 9.17) is 0 Å². The maximum Gasteiger partial charge on any atom is 0.255 e. The van der Waals surface area contributed by atoms with Crippen LogP contribution in [0.5, 0.6) is 0 Å². The summed E-state index contributed by atoms with van der Waals surface area (Å²) in [6.07, 6.45) is 3.46. The molecular formula is C21H25N5O4. The molecule has 4 rings (SSSR count). The number of aliphatic hydroxyl groups is 1. The minimum Gasteiger partial charge on any atom is -0.394 e. The van der Waals surface area contributed by atoms with E-state index in [9.17, 15) is 19.5 Å². The lowest BCUT2D eigenvalue weighted by Gasteiger charge is -2.33. The average Bonchev–Trinajstić information content (AvgIpc) is 3.36. The number of aliphatic hydroxyl groups excluding tert-OH is 1. The first-order valence-corrected chi connectivity index (χ1v) is 10.2. The van der Waals surface area contributed by atoms with Gasteiger partial charge in [-0.1, -0.05) is 31.5 Å². The SMILES string of the molecule is CCCc1c(C(=O)N[C@H]2C[C@H]3C(=O)N[C@@H](CO)C(=O)N3C2)cnn1-c1ccccc1. The molecule has 0 aliphatic carbocycles. The molecule has 158 valence electrons. The van der Waals surface area contributed by atoms with Crippen LogP contribution in [0.3, 0.4) is 0 Å². The van der Waals surface area contributed by atoms with Gasteiger partial charge < -0.3 is 20.6 Å². The van der Waals surface area contributed by atoms with Gasteiger partial charge in [-0.05, 0) is 25.0 Å². The van der Waals surface area contributed by atoms with Crippen molar-refractivity contribution in [1.29, 1.82) is 0 Å². The van der Waals surface area contributed by atoms with Crippen LogP contribution >= 0.6 is 0 Å². The number of hydrogen-bond donors (Lipinski definition) is 3. The molecule has 3 amide bonds. The van der Waals surface area contributed by atoms with Gasteiger partial charge >= 0.3 is 0 Å². The van der Waals surface area contributed by atoms with Gasteiger partial charge in [0.25, 0.3) is 5.91 Å².